The molecule has 0 aliphatic carbocycles. The van der Waals surface area contributed by atoms with Crippen molar-refractivity contribution in [1.82, 2.24) is 0 Å². The molecule has 1 heterocycles. The number of hydrogen-bond donors (Lipinski definition) is 0. The molecule has 34 heavy (non-hydrogen) atoms. The maximum Gasteiger partial charge on any atom is 0.417 e. The molecular formula is C21H22ClF3N4O5. The van der Waals surface area contributed by atoms with E-state index >= 15 is 0 Å². The van der Waals surface area contributed by atoms with Gasteiger partial charge in [0.15, 0.2) is 0 Å². The molecule has 2 unspecified atom stereocenters. The number of hydrogen-bond acceptors (Lipinski definition) is 7. The molecule has 0 fully saturated rings. The minimum Gasteiger partial charge on any atom is -0.468 e. The lowest BCUT2D eigenvalue weighted by Gasteiger charge is -2.32. The summed E-state index contributed by atoms with van der Waals surface area (Å²) < 4.78 is 56.1. The number of carbonyl (C=O) groups excluding carboxylic acids is 2. The zero-order chi connectivity index (χ0) is 25.5. The second-order valence-corrected chi connectivity index (χ2v) is 7.40. The fraction of sp³-hybridized carbons (Fsp3) is 0.476. The van der Waals surface area contributed by atoms with Crippen LogP contribution in [0, 0.1) is 5.92 Å². The van der Waals surface area contributed by atoms with Gasteiger partial charge in [-0.1, -0.05) is 28.8 Å². The van der Waals surface area contributed by atoms with Crippen LogP contribution in [0.4, 0.5) is 13.2 Å². The third kappa shape index (κ3) is 6.07. The summed E-state index contributed by atoms with van der Waals surface area (Å²) in [5, 5.41) is 2.67. The normalized spacial score (nSPS) is 18.1. The number of esters is 2. The first-order chi connectivity index (χ1) is 16.1. The van der Waals surface area contributed by atoms with E-state index in [1.54, 1.807) is 6.92 Å². The van der Waals surface area contributed by atoms with Crippen LogP contribution >= 0.6 is 11.6 Å². The van der Waals surface area contributed by atoms with Gasteiger partial charge < -0.3 is 14.2 Å². The Hall–Kier alpha value is -3.08. The SMILES string of the molecule is CCOC(=O)C1=C(COCCN=[N+]=[N-])N=C(C)C(C(=O)OC)C1c1cccc(C(F)(F)F)c1Cl. The Balaban J connectivity index is 2.73. The van der Waals surface area contributed by atoms with Crippen molar-refractivity contribution in [2.24, 2.45) is 16.0 Å². The van der Waals surface area contributed by atoms with E-state index < -0.39 is 40.5 Å². The van der Waals surface area contributed by atoms with Crippen molar-refractivity contribution in [3.8, 4) is 0 Å². The number of nitrogens with zero attached hydrogens (tertiary/aromatic N) is 4. The maximum absolute atomic E-state index is 13.6. The number of aliphatic imine (C=N–C) groups is 1. The van der Waals surface area contributed by atoms with Crippen molar-refractivity contribution in [2.75, 3.05) is 33.5 Å². The highest BCUT2D eigenvalue weighted by molar-refractivity contribution is 6.32. The predicted octanol–water partition coefficient (Wildman–Crippen LogP) is 4.85. The van der Waals surface area contributed by atoms with Gasteiger partial charge in [-0.15, -0.1) is 0 Å². The zero-order valence-corrected chi connectivity index (χ0v) is 19.3. The van der Waals surface area contributed by atoms with E-state index in [0.29, 0.717) is 0 Å². The molecule has 0 N–H and O–H groups in total. The van der Waals surface area contributed by atoms with Gasteiger partial charge in [0, 0.05) is 23.1 Å². The molecule has 9 nitrogen and oxygen atoms in total. The number of azide groups is 1. The molecule has 0 spiro atoms. The first-order valence-electron chi connectivity index (χ1n) is 10.1. The van der Waals surface area contributed by atoms with Crippen LogP contribution in [0.1, 0.15) is 30.9 Å². The van der Waals surface area contributed by atoms with Crippen LogP contribution in [0.25, 0.3) is 10.4 Å². The molecule has 2 atom stereocenters. The van der Waals surface area contributed by atoms with Gasteiger partial charge in [0.1, 0.15) is 5.92 Å². The van der Waals surface area contributed by atoms with Crippen LogP contribution < -0.4 is 0 Å². The second kappa shape index (κ2) is 11.9. The van der Waals surface area contributed by atoms with Crippen LogP contribution in [-0.2, 0) is 30.0 Å². The summed E-state index contributed by atoms with van der Waals surface area (Å²) in [4.78, 5) is 32.6. The Morgan fingerprint density at radius 2 is 2.03 bits per heavy atom. The third-order valence-electron chi connectivity index (χ3n) is 4.97. The average Bonchev–Trinajstić information content (AvgIpc) is 2.77. The lowest BCUT2D eigenvalue weighted by Crippen LogP contribution is -2.37. The Morgan fingerprint density at radius 1 is 1.32 bits per heavy atom. The van der Waals surface area contributed by atoms with Gasteiger partial charge in [-0.3, -0.25) is 9.79 Å². The van der Waals surface area contributed by atoms with Crippen molar-refractivity contribution in [3.05, 3.63) is 56.1 Å². The van der Waals surface area contributed by atoms with Crippen molar-refractivity contribution in [2.45, 2.75) is 25.9 Å². The monoisotopic (exact) mass is 502 g/mol. The minimum absolute atomic E-state index is 0.00630. The van der Waals surface area contributed by atoms with Crippen LogP contribution in [0.2, 0.25) is 5.02 Å². The van der Waals surface area contributed by atoms with Crippen LogP contribution in [0.3, 0.4) is 0 Å². The molecule has 0 saturated heterocycles. The quantitative estimate of drug-likeness (QED) is 0.157. The maximum atomic E-state index is 13.6. The summed E-state index contributed by atoms with van der Waals surface area (Å²) in [6.45, 7) is 2.74. The van der Waals surface area contributed by atoms with Crippen molar-refractivity contribution in [1.29, 1.82) is 0 Å². The number of halogens is 4. The predicted molar refractivity (Wildman–Crippen MR) is 116 cm³/mol. The van der Waals surface area contributed by atoms with Gasteiger partial charge in [0.05, 0.1) is 48.8 Å². The largest absolute Gasteiger partial charge is 0.468 e. The lowest BCUT2D eigenvalue weighted by atomic mass is 9.75. The van der Waals surface area contributed by atoms with Gasteiger partial charge >= 0.3 is 18.1 Å². The van der Waals surface area contributed by atoms with Crippen molar-refractivity contribution in [3.63, 3.8) is 0 Å². The number of carbonyl (C=O) groups is 2. The van der Waals surface area contributed by atoms with Crippen LogP contribution in [0.15, 0.2) is 39.6 Å². The van der Waals surface area contributed by atoms with E-state index in [-0.39, 0.29) is 48.9 Å². The molecular weight excluding hydrogens is 481 g/mol. The minimum atomic E-state index is -4.77. The highest BCUT2D eigenvalue weighted by atomic mass is 35.5. The topological polar surface area (TPSA) is 123 Å². The highest BCUT2D eigenvalue weighted by Crippen LogP contribution is 2.46. The van der Waals surface area contributed by atoms with Gasteiger partial charge in [-0.25, -0.2) is 4.79 Å². The Morgan fingerprint density at radius 3 is 2.62 bits per heavy atom. The lowest BCUT2D eigenvalue weighted by molar-refractivity contribution is -0.144. The molecule has 0 radical (unpaired) electrons. The van der Waals surface area contributed by atoms with E-state index in [2.05, 4.69) is 15.0 Å². The smallest absolute Gasteiger partial charge is 0.417 e. The zero-order valence-electron chi connectivity index (χ0n) is 18.6. The Labute approximate surface area is 198 Å². The molecule has 0 saturated carbocycles. The Bertz CT molecular complexity index is 1050. The summed E-state index contributed by atoms with van der Waals surface area (Å²) in [6, 6.07) is 3.24. The molecule has 1 aliphatic rings. The van der Waals surface area contributed by atoms with Crippen LogP contribution in [0.5, 0.6) is 0 Å². The van der Waals surface area contributed by atoms with Gasteiger partial charge in [-0.2, -0.15) is 13.2 Å². The van der Waals surface area contributed by atoms with Gasteiger partial charge in [0.25, 0.3) is 0 Å². The molecule has 2 rings (SSSR count). The molecule has 1 aromatic carbocycles. The van der Waals surface area contributed by atoms with Gasteiger partial charge in [-0.05, 0) is 31.0 Å². The number of methoxy groups -OCH3 is 1. The first-order valence-corrected chi connectivity index (χ1v) is 10.4. The molecule has 1 aliphatic heterocycles. The fourth-order valence-corrected chi connectivity index (χ4v) is 3.94. The number of benzene rings is 1. The fourth-order valence-electron chi connectivity index (χ4n) is 3.59. The summed E-state index contributed by atoms with van der Waals surface area (Å²) in [7, 11) is 1.11. The Kier molecular flexibility index (Phi) is 9.48. The number of ether oxygens (including phenoxy) is 3. The molecule has 0 bridgehead atoms. The van der Waals surface area contributed by atoms with E-state index in [1.807, 2.05) is 0 Å². The van der Waals surface area contributed by atoms with Gasteiger partial charge in [0.2, 0.25) is 0 Å². The number of rotatable bonds is 9. The summed E-state index contributed by atoms with van der Waals surface area (Å²) in [5.41, 5.74) is 7.20. The molecule has 13 heteroatoms. The van der Waals surface area contributed by atoms with E-state index in [4.69, 9.17) is 31.3 Å². The molecule has 0 aromatic heterocycles. The molecule has 184 valence electrons. The van der Waals surface area contributed by atoms with Crippen LogP contribution in [-0.4, -0.2) is 51.1 Å². The third-order valence-corrected chi connectivity index (χ3v) is 5.40. The molecule has 0 amide bonds. The summed E-state index contributed by atoms with van der Waals surface area (Å²) in [6.07, 6.45) is -4.77. The second-order valence-electron chi connectivity index (χ2n) is 7.03. The summed E-state index contributed by atoms with van der Waals surface area (Å²) >= 11 is 6.18. The standard InChI is InChI=1S/C21H22ClF3N4O5/c1-4-34-20(31)17-14(10-33-9-8-27-29-26)28-11(2)15(19(30)32-3)16(17)12-6-5-7-13(18(12)22)21(23,24)25/h5-7,15-16H,4,8-10H2,1-3H3. The number of alkyl halides is 3. The highest BCUT2D eigenvalue weighted by Gasteiger charge is 2.45. The first kappa shape index (κ1) is 27.2. The van der Waals surface area contributed by atoms with E-state index in [9.17, 15) is 22.8 Å². The van der Waals surface area contributed by atoms with Crippen molar-refractivity contribution < 1.29 is 37.0 Å². The average molecular weight is 503 g/mol. The van der Waals surface area contributed by atoms with E-state index in [1.165, 1.54) is 13.0 Å². The molecule has 1 aromatic rings. The van der Waals surface area contributed by atoms with Crippen molar-refractivity contribution >= 4 is 29.3 Å². The van der Waals surface area contributed by atoms with E-state index in [0.717, 1.165) is 19.2 Å². The summed E-state index contributed by atoms with van der Waals surface area (Å²) in [5.74, 6) is -4.23.